The van der Waals surface area contributed by atoms with Crippen molar-refractivity contribution in [1.82, 2.24) is 0 Å². The molecular formula is C16H24F6IrSb. The van der Waals surface area contributed by atoms with Gasteiger partial charge in [-0.3, -0.25) is 0 Å². The third kappa shape index (κ3) is 37.9. The molecule has 2 rings (SSSR count). The molecule has 144 valence electrons. The Morgan fingerprint density at radius 2 is 0.458 bits per heavy atom. The maximum atomic E-state index is 9.93. The minimum Gasteiger partial charge on any atom is 1.00 e. The van der Waals surface area contributed by atoms with Crippen molar-refractivity contribution in [3.05, 3.63) is 48.6 Å². The Morgan fingerprint density at radius 3 is 0.542 bits per heavy atom. The number of hydrogen-bond donors (Lipinski definition) is 0. The van der Waals surface area contributed by atoms with E-state index < -0.39 is 19.5 Å². The second-order valence-electron chi connectivity index (χ2n) is 5.15. The van der Waals surface area contributed by atoms with Crippen LogP contribution in [-0.4, -0.2) is 19.5 Å². The summed E-state index contributed by atoms with van der Waals surface area (Å²) in [4.78, 5) is 0. The van der Waals surface area contributed by atoms with Crippen LogP contribution in [0.3, 0.4) is 0 Å². The van der Waals surface area contributed by atoms with Crippen LogP contribution in [0.25, 0.3) is 0 Å². The predicted octanol–water partition coefficient (Wildman–Crippen LogP) is 7.48. The van der Waals surface area contributed by atoms with E-state index in [1.807, 2.05) is 0 Å². The van der Waals surface area contributed by atoms with Crippen LogP contribution in [0.5, 0.6) is 0 Å². The Morgan fingerprint density at radius 1 is 0.375 bits per heavy atom. The first-order valence-electron chi connectivity index (χ1n) is 7.61. The van der Waals surface area contributed by atoms with Gasteiger partial charge in [0.2, 0.25) is 0 Å². The molecule has 2 aliphatic carbocycles. The fourth-order valence-electron chi connectivity index (χ4n) is 1.71. The molecule has 0 amide bonds. The average molecular weight is 644 g/mol. The van der Waals surface area contributed by atoms with Crippen molar-refractivity contribution in [3.8, 4) is 0 Å². The van der Waals surface area contributed by atoms with E-state index in [0.717, 1.165) is 0 Å². The van der Waals surface area contributed by atoms with Gasteiger partial charge in [-0.1, -0.05) is 48.6 Å². The molecule has 2 aliphatic rings. The summed E-state index contributed by atoms with van der Waals surface area (Å²) in [7, 11) is 0. The summed E-state index contributed by atoms with van der Waals surface area (Å²) >= 11 is -11.2. The average Bonchev–Trinajstić information content (AvgIpc) is 2.22. The van der Waals surface area contributed by atoms with Gasteiger partial charge in [-0.25, -0.2) is 0 Å². The first-order valence-corrected chi connectivity index (χ1v) is 13.4. The van der Waals surface area contributed by atoms with E-state index in [4.69, 9.17) is 0 Å². The molecule has 0 aromatic rings. The van der Waals surface area contributed by atoms with E-state index in [1.165, 1.54) is 51.4 Å². The van der Waals surface area contributed by atoms with E-state index in [9.17, 15) is 16.9 Å². The molecule has 0 bridgehead atoms. The van der Waals surface area contributed by atoms with Crippen molar-refractivity contribution in [2.75, 3.05) is 0 Å². The fourth-order valence-corrected chi connectivity index (χ4v) is 1.71. The molecule has 8 heteroatoms. The van der Waals surface area contributed by atoms with Crippen LogP contribution in [0, 0.1) is 0 Å². The van der Waals surface area contributed by atoms with Gasteiger partial charge < -0.3 is 0 Å². The maximum Gasteiger partial charge on any atom is 1.00 e. The van der Waals surface area contributed by atoms with Gasteiger partial charge in [-0.05, 0) is 51.4 Å². The van der Waals surface area contributed by atoms with Crippen LogP contribution in [0.1, 0.15) is 51.4 Å². The van der Waals surface area contributed by atoms with E-state index >= 15 is 0 Å². The monoisotopic (exact) mass is 644 g/mol. The quantitative estimate of drug-likeness (QED) is 0.146. The molecule has 0 aromatic carbocycles. The summed E-state index contributed by atoms with van der Waals surface area (Å²) in [6.07, 6.45) is 28.0. The molecule has 0 saturated heterocycles. The third-order valence-corrected chi connectivity index (χ3v) is 2.67. The number of rotatable bonds is 0. The molecule has 0 radical (unpaired) electrons. The van der Waals surface area contributed by atoms with Crippen molar-refractivity contribution in [1.29, 1.82) is 0 Å². The Bertz CT molecular complexity index is 343. The Hall–Kier alpha value is 0.00753. The van der Waals surface area contributed by atoms with Crippen molar-refractivity contribution in [2.24, 2.45) is 0 Å². The van der Waals surface area contributed by atoms with E-state index in [0.29, 0.717) is 0 Å². The molecule has 24 heavy (non-hydrogen) atoms. The SMILES string of the molecule is C1=CCCC=CCC1.C1=CCCC=CCC1.[F][Sb-]([F])([F])([F])([F])[F].[Ir+]. The topological polar surface area (TPSA) is 0 Å². The Balaban J connectivity index is 0. The summed E-state index contributed by atoms with van der Waals surface area (Å²) in [6, 6.07) is 0. The first-order chi connectivity index (χ1) is 10.4. The normalized spacial score (nSPS) is 20.1. The molecule has 0 fully saturated rings. The molecule has 0 heterocycles. The number of allylic oxidation sites excluding steroid dienone is 8. The largest absolute Gasteiger partial charge is 1.00 e. The zero-order chi connectivity index (χ0) is 17.7. The van der Waals surface area contributed by atoms with Crippen LogP contribution in [0.4, 0.5) is 16.9 Å². The van der Waals surface area contributed by atoms with Crippen molar-refractivity contribution < 1.29 is 37.0 Å². The second kappa shape index (κ2) is 11.6. The Kier molecular flexibility index (Phi) is 12.7. The molecule has 0 unspecified atom stereocenters. The minimum absolute atomic E-state index is 0. The molecule has 0 nitrogen and oxygen atoms in total. The van der Waals surface area contributed by atoms with Gasteiger partial charge in [0.25, 0.3) is 0 Å². The fraction of sp³-hybridized carbons (Fsp3) is 0.500. The van der Waals surface area contributed by atoms with Gasteiger partial charge in [-0.15, -0.1) is 0 Å². The summed E-state index contributed by atoms with van der Waals surface area (Å²) in [6.45, 7) is 0. The molecule has 0 aliphatic heterocycles. The van der Waals surface area contributed by atoms with Crippen molar-refractivity contribution in [3.63, 3.8) is 0 Å². The third-order valence-electron chi connectivity index (χ3n) is 2.67. The summed E-state index contributed by atoms with van der Waals surface area (Å²) in [5, 5.41) is 0. The number of halogens is 6. The minimum atomic E-state index is -11.2. The van der Waals surface area contributed by atoms with Gasteiger partial charge in [0.1, 0.15) is 0 Å². The molecule has 0 N–H and O–H groups in total. The van der Waals surface area contributed by atoms with Crippen LogP contribution in [0.15, 0.2) is 48.6 Å². The zero-order valence-corrected chi connectivity index (χ0v) is 18.3. The molecule has 0 saturated carbocycles. The summed E-state index contributed by atoms with van der Waals surface area (Å²) < 4.78 is 59.6. The Labute approximate surface area is 156 Å². The van der Waals surface area contributed by atoms with E-state index in [1.54, 1.807) is 0 Å². The zero-order valence-electron chi connectivity index (χ0n) is 13.3. The van der Waals surface area contributed by atoms with Crippen LogP contribution < -0.4 is 0 Å². The first kappa shape index (κ1) is 26.2. The van der Waals surface area contributed by atoms with Crippen LogP contribution >= 0.6 is 0 Å². The predicted molar refractivity (Wildman–Crippen MR) is 85.9 cm³/mol. The van der Waals surface area contributed by atoms with Gasteiger partial charge in [0.15, 0.2) is 0 Å². The van der Waals surface area contributed by atoms with Gasteiger partial charge in [0.05, 0.1) is 0 Å². The van der Waals surface area contributed by atoms with E-state index in [-0.39, 0.29) is 20.1 Å². The smallest absolute Gasteiger partial charge is 1.00 e. The van der Waals surface area contributed by atoms with Gasteiger partial charge >= 0.3 is 56.5 Å². The van der Waals surface area contributed by atoms with Gasteiger partial charge in [-0.2, -0.15) is 0 Å². The van der Waals surface area contributed by atoms with E-state index in [2.05, 4.69) is 48.6 Å². The van der Waals surface area contributed by atoms with Crippen LogP contribution in [0.2, 0.25) is 0 Å². The summed E-state index contributed by atoms with van der Waals surface area (Å²) in [5.41, 5.74) is 0. The second-order valence-corrected chi connectivity index (χ2v) is 10.6. The summed E-state index contributed by atoms with van der Waals surface area (Å²) in [5.74, 6) is 0. The molecule has 0 spiro atoms. The standard InChI is InChI=1S/2C8H12.6FH.Ir.Sb/c2*1-2-4-6-8-7-5-3-1;;;;;;;;/h2*1-2,7-8H,3-6H2;6*1H;;/q;;;;;;;;+1;+5/p-6. The molecule has 0 atom stereocenters. The molecular weight excluding hydrogens is 620 g/mol. The maximum absolute atomic E-state index is 11.2. The molecule has 0 aromatic heterocycles. The van der Waals surface area contributed by atoms with Crippen molar-refractivity contribution >= 4 is 19.5 Å². The van der Waals surface area contributed by atoms with Crippen molar-refractivity contribution in [2.45, 2.75) is 51.4 Å². The van der Waals surface area contributed by atoms with Gasteiger partial charge in [0, 0.05) is 0 Å². The van der Waals surface area contributed by atoms with Crippen LogP contribution in [-0.2, 0) is 20.1 Å². The number of hydrogen-bond acceptors (Lipinski definition) is 0.